The van der Waals surface area contributed by atoms with Crippen LogP contribution in [0.25, 0.3) is 41.6 Å². The van der Waals surface area contributed by atoms with E-state index in [-0.39, 0.29) is 0 Å². The Bertz CT molecular complexity index is 1180. The average molecular weight is 247 g/mol. The first-order chi connectivity index (χ1) is 10.9. The minimum atomic E-state index is 1.30. The van der Waals surface area contributed by atoms with E-state index in [4.69, 9.17) is 0 Å². The Morgan fingerprint density at radius 2 is 0.864 bits per heavy atom. The summed E-state index contributed by atoms with van der Waals surface area (Å²) in [5.41, 5.74) is 0. The van der Waals surface area contributed by atoms with E-state index in [0.29, 0.717) is 0 Å². The molecule has 0 spiro atoms. The number of hydrogen-bond acceptors (Lipinski definition) is 0. The van der Waals surface area contributed by atoms with Gasteiger partial charge in [0, 0.05) is 0 Å². The molecule has 0 saturated carbocycles. The van der Waals surface area contributed by atoms with Crippen molar-refractivity contribution in [2.75, 3.05) is 0 Å². The SMILES string of the molecule is b1bbc2bc3bc4c(bbc5bbbbc54)bc3bc2b1. The zero-order valence-corrected chi connectivity index (χ0v) is 12.1. The maximum absolute atomic E-state index is 2.33. The number of fused-ring (bicyclic) bond motifs is 5. The van der Waals surface area contributed by atoms with E-state index < -0.39 is 0 Å². The van der Waals surface area contributed by atoms with Crippen LogP contribution in [0.15, 0.2) is 0 Å². The Morgan fingerprint density at radius 3 is 1.64 bits per heavy atom. The molecule has 5 aromatic heterocycles. The second-order valence-corrected chi connectivity index (χ2v) is 5.91. The topological polar surface area (TPSA) is 0 Å². The van der Waals surface area contributed by atoms with Gasteiger partial charge < -0.3 is 0 Å². The van der Waals surface area contributed by atoms with Crippen molar-refractivity contribution in [1.82, 2.24) is 0 Å². The number of rotatable bonds is 0. The third kappa shape index (κ3) is 2.35. The predicted molar refractivity (Wildman–Crippen MR) is 115 cm³/mol. The van der Waals surface area contributed by atoms with Crippen LogP contribution in [0.3, 0.4) is 0 Å². The minimum absolute atomic E-state index is 1.30. The summed E-state index contributed by atoms with van der Waals surface area (Å²) in [4.78, 5) is 0. The maximum atomic E-state index is 2.33. The molecule has 0 radical (unpaired) electrons. The van der Waals surface area contributed by atoms with E-state index in [1.807, 2.05) is 0 Å². The molecule has 0 amide bonds. The van der Waals surface area contributed by atoms with Gasteiger partial charge in [0.25, 0.3) is 0 Å². The van der Waals surface area contributed by atoms with Crippen molar-refractivity contribution in [2.24, 2.45) is 0 Å². The third-order valence-electron chi connectivity index (χ3n) is 4.57. The Morgan fingerprint density at radius 1 is 0.318 bits per heavy atom. The zero-order chi connectivity index (χ0) is 14.5. The van der Waals surface area contributed by atoms with Crippen LogP contribution < -0.4 is 0 Å². The van der Waals surface area contributed by atoms with Gasteiger partial charge in [0.15, 0.2) is 0 Å². The fourth-order valence-electron chi connectivity index (χ4n) is 3.45. The van der Waals surface area contributed by atoms with E-state index in [0.717, 1.165) is 0 Å². The molecular formula is C8B14. The molecule has 5 heterocycles. The van der Waals surface area contributed by atoms with Gasteiger partial charge in [-0.25, -0.2) is 0 Å². The van der Waals surface area contributed by atoms with Crippen molar-refractivity contribution >= 4 is 137 Å². The van der Waals surface area contributed by atoms with Crippen LogP contribution in [-0.2, 0) is 0 Å². The Labute approximate surface area is 136 Å². The van der Waals surface area contributed by atoms with Crippen molar-refractivity contribution in [3.05, 3.63) is 0 Å². The molecule has 0 N–H and O–H groups in total. The number of hydrogen-bond donors (Lipinski definition) is 0. The molecule has 22 heavy (non-hydrogen) atoms. The molecule has 0 aromatic carbocycles. The van der Waals surface area contributed by atoms with E-state index in [2.05, 4.69) is 95.2 Å². The predicted octanol–water partition coefficient (Wildman–Crippen LogP) is -2.97. The van der Waals surface area contributed by atoms with Crippen LogP contribution in [0.2, 0.25) is 0 Å². The van der Waals surface area contributed by atoms with E-state index in [9.17, 15) is 0 Å². The monoisotopic (exact) mass is 250 g/mol. The van der Waals surface area contributed by atoms with Crippen molar-refractivity contribution in [2.45, 2.75) is 0 Å². The van der Waals surface area contributed by atoms with Crippen molar-refractivity contribution in [3.8, 4) is 0 Å². The van der Waals surface area contributed by atoms with Crippen LogP contribution in [-0.4, -0.2) is 95.2 Å². The van der Waals surface area contributed by atoms with Crippen molar-refractivity contribution in [1.29, 1.82) is 0 Å². The molecule has 14 heteroatoms. The molecule has 0 aliphatic heterocycles. The van der Waals surface area contributed by atoms with Gasteiger partial charge in [0.05, 0.1) is 0 Å². The molecule has 0 bridgehead atoms. The van der Waals surface area contributed by atoms with Crippen LogP contribution >= 0.6 is 0 Å². The molecule has 0 saturated heterocycles. The van der Waals surface area contributed by atoms with Crippen LogP contribution in [0.1, 0.15) is 0 Å². The van der Waals surface area contributed by atoms with Crippen molar-refractivity contribution in [3.63, 3.8) is 0 Å². The van der Waals surface area contributed by atoms with Gasteiger partial charge in [-0.2, -0.15) is 0 Å². The van der Waals surface area contributed by atoms with Crippen LogP contribution in [0.4, 0.5) is 0 Å². The van der Waals surface area contributed by atoms with Crippen LogP contribution in [0, 0.1) is 0 Å². The van der Waals surface area contributed by atoms with Gasteiger partial charge in [-0.15, -0.1) is 0 Å². The van der Waals surface area contributed by atoms with Gasteiger partial charge in [0.2, 0.25) is 0 Å². The Kier molecular flexibility index (Phi) is 3.72. The first-order valence-electron chi connectivity index (χ1n) is 7.62. The zero-order valence-electron chi connectivity index (χ0n) is 12.1. The summed E-state index contributed by atoms with van der Waals surface area (Å²) in [6.07, 6.45) is 0. The first-order valence-corrected chi connectivity index (χ1v) is 7.62. The summed E-state index contributed by atoms with van der Waals surface area (Å²) < 4.78 is 0. The van der Waals surface area contributed by atoms with E-state index in [1.165, 1.54) is 41.6 Å². The normalized spacial score (nSPS) is 9.09. The molecule has 5 aromatic rings. The van der Waals surface area contributed by atoms with Gasteiger partial charge >= 0.3 is 137 Å². The first kappa shape index (κ1) is 14.2. The fourth-order valence-corrected chi connectivity index (χ4v) is 3.45. The Hall–Kier alpha value is -0.131. The molecule has 0 aliphatic carbocycles. The summed E-state index contributed by atoms with van der Waals surface area (Å²) >= 11 is 0. The second kappa shape index (κ2) is 5.74. The molecule has 5 rings (SSSR count). The summed E-state index contributed by atoms with van der Waals surface area (Å²) in [5.74, 6) is 0. The van der Waals surface area contributed by atoms with Gasteiger partial charge in [0.1, 0.15) is 0 Å². The summed E-state index contributed by atoms with van der Waals surface area (Å²) in [7, 11) is 0. The molecule has 0 atom stereocenters. The average Bonchev–Trinajstić information content (AvgIpc) is 2.58. The van der Waals surface area contributed by atoms with Gasteiger partial charge in [-0.3, -0.25) is 0 Å². The second-order valence-electron chi connectivity index (χ2n) is 5.91. The van der Waals surface area contributed by atoms with Crippen molar-refractivity contribution < 1.29 is 0 Å². The van der Waals surface area contributed by atoms with E-state index >= 15 is 0 Å². The quantitative estimate of drug-likeness (QED) is 0.203. The summed E-state index contributed by atoms with van der Waals surface area (Å²) in [5, 5.41) is 10.5. The summed E-state index contributed by atoms with van der Waals surface area (Å²) in [6, 6.07) is 0. The summed E-state index contributed by atoms with van der Waals surface area (Å²) in [6.45, 7) is 30.8. The molecular weight excluding hydrogens is 247 g/mol. The third-order valence-corrected chi connectivity index (χ3v) is 4.57. The molecule has 0 fully saturated rings. The standard InChI is InChI=1S/C8B14/c9-1-2-4(16-20-19-13-2)15-14-3(1)10-6-5(9)11-7-8(12-6)18-22-21-17-7. The van der Waals surface area contributed by atoms with E-state index in [1.54, 1.807) is 0 Å². The van der Waals surface area contributed by atoms with Gasteiger partial charge in [-0.05, 0) is 0 Å². The Balaban J connectivity index is 1.98. The molecule has 0 nitrogen and oxygen atoms in total. The molecule has 74 valence electrons. The fraction of sp³-hybridized carbons (Fsp3) is 0. The van der Waals surface area contributed by atoms with Crippen LogP contribution in [0.5, 0.6) is 0 Å². The molecule has 0 aliphatic rings. The van der Waals surface area contributed by atoms with Gasteiger partial charge in [-0.1, -0.05) is 0 Å². The molecule has 0 unspecified atom stereocenters.